The highest BCUT2D eigenvalue weighted by Gasteiger charge is 2.23. The van der Waals surface area contributed by atoms with Crippen molar-refractivity contribution >= 4 is 10.9 Å². The molecule has 21 heavy (non-hydrogen) atoms. The van der Waals surface area contributed by atoms with E-state index in [4.69, 9.17) is 0 Å². The highest BCUT2D eigenvalue weighted by Crippen LogP contribution is 2.37. The van der Waals surface area contributed by atoms with Crippen LogP contribution in [0.5, 0.6) is 0 Å². The van der Waals surface area contributed by atoms with Crippen LogP contribution in [0.2, 0.25) is 0 Å². The number of hydrogen-bond donors (Lipinski definition) is 0. The Hall–Kier alpha value is -1.21. The normalized spacial score (nSPS) is 14.6. The minimum Gasteiger partial charge on any atom is -0.0620 e. The van der Waals surface area contributed by atoms with Crippen molar-refractivity contribution in [3.05, 3.63) is 70.8 Å². The lowest BCUT2D eigenvalue weighted by Gasteiger charge is -2.20. The second-order valence-corrected chi connectivity index (χ2v) is 8.66. The first-order valence-corrected chi connectivity index (χ1v) is 10.2. The van der Waals surface area contributed by atoms with Crippen molar-refractivity contribution in [2.45, 2.75) is 31.6 Å². The van der Waals surface area contributed by atoms with Gasteiger partial charge in [0, 0.05) is 5.92 Å². The molecule has 0 bridgehead atoms. The van der Waals surface area contributed by atoms with Crippen LogP contribution < -0.4 is 0 Å². The van der Waals surface area contributed by atoms with Gasteiger partial charge in [0.1, 0.15) is 5.75 Å². The van der Waals surface area contributed by atoms with Crippen molar-refractivity contribution in [2.24, 2.45) is 0 Å². The molecule has 0 radical (unpaired) electrons. The maximum absolute atomic E-state index is 2.36. The molecule has 0 nitrogen and oxygen atoms in total. The molecule has 0 unspecified atom stereocenters. The van der Waals surface area contributed by atoms with E-state index in [1.165, 1.54) is 31.4 Å². The summed E-state index contributed by atoms with van der Waals surface area (Å²) in [5.74, 6) is 1.96. The van der Waals surface area contributed by atoms with E-state index in [0.29, 0.717) is 16.8 Å². The fourth-order valence-corrected chi connectivity index (χ4v) is 4.27. The molecule has 0 amide bonds. The number of hydrogen-bond acceptors (Lipinski definition) is 0. The summed E-state index contributed by atoms with van der Waals surface area (Å²) >= 11 is 0. The van der Waals surface area contributed by atoms with Gasteiger partial charge in [0.05, 0.1) is 12.5 Å². The van der Waals surface area contributed by atoms with Crippen LogP contribution in [0.3, 0.4) is 0 Å². The number of rotatable bonds is 4. The maximum Gasteiger partial charge on any atom is 0.107 e. The summed E-state index contributed by atoms with van der Waals surface area (Å²) in [5.41, 5.74) is 6.28. The number of fused-ring (bicyclic) bond motifs is 2. The first kappa shape index (κ1) is 14.7. The maximum atomic E-state index is 2.36. The summed E-state index contributed by atoms with van der Waals surface area (Å²) in [7, 11) is 0.560. The third-order valence-corrected chi connectivity index (χ3v) is 5.68. The predicted octanol–water partition coefficient (Wildman–Crippen LogP) is 4.58. The molecular weight excluding hydrogens is 272 g/mol. The zero-order valence-corrected chi connectivity index (χ0v) is 14.0. The molecule has 3 rings (SSSR count). The Morgan fingerprint density at radius 2 is 1.38 bits per heavy atom. The molecule has 1 heteroatoms. The highest BCUT2D eigenvalue weighted by atomic mass is 32.2. The summed E-state index contributed by atoms with van der Waals surface area (Å²) in [6.45, 7) is 0. The van der Waals surface area contributed by atoms with E-state index in [2.05, 4.69) is 61.0 Å². The summed E-state index contributed by atoms with van der Waals surface area (Å²) in [6, 6.07) is 18.2. The van der Waals surface area contributed by atoms with Gasteiger partial charge in [-0.3, -0.25) is 0 Å². The van der Waals surface area contributed by atoms with Crippen LogP contribution >= 0.6 is 0 Å². The van der Waals surface area contributed by atoms with Crippen molar-refractivity contribution < 1.29 is 0 Å². The highest BCUT2D eigenvalue weighted by molar-refractivity contribution is 7.95. The second-order valence-electron chi connectivity index (χ2n) is 6.28. The molecule has 0 saturated heterocycles. The molecule has 0 fully saturated rings. The van der Waals surface area contributed by atoms with Gasteiger partial charge in [0.25, 0.3) is 0 Å². The van der Waals surface area contributed by atoms with Gasteiger partial charge in [-0.15, -0.1) is 0 Å². The molecule has 0 aromatic heterocycles. The van der Waals surface area contributed by atoms with E-state index >= 15 is 0 Å². The van der Waals surface area contributed by atoms with E-state index in [9.17, 15) is 0 Å². The topological polar surface area (TPSA) is 0 Å². The lowest BCUT2D eigenvalue weighted by molar-refractivity contribution is 0.699. The van der Waals surface area contributed by atoms with Crippen molar-refractivity contribution in [2.75, 3.05) is 18.3 Å². The van der Waals surface area contributed by atoms with Gasteiger partial charge in [0.2, 0.25) is 0 Å². The molecule has 0 atom stereocenters. The molecule has 1 aliphatic rings. The SMILES string of the molecule is C[S+](C)CCCC1c2ccccc2CCc2ccccc21. The largest absolute Gasteiger partial charge is 0.107 e. The average molecular weight is 297 g/mol. The molecule has 1 aliphatic carbocycles. The number of benzene rings is 2. The quantitative estimate of drug-likeness (QED) is 0.725. The summed E-state index contributed by atoms with van der Waals surface area (Å²) in [6.07, 6.45) is 9.72. The predicted molar refractivity (Wildman–Crippen MR) is 95.4 cm³/mol. The minimum atomic E-state index is 0.560. The van der Waals surface area contributed by atoms with Gasteiger partial charge in [0.15, 0.2) is 0 Å². The first-order chi connectivity index (χ1) is 10.3. The minimum absolute atomic E-state index is 0.560. The molecule has 110 valence electrons. The summed E-state index contributed by atoms with van der Waals surface area (Å²) in [5, 5.41) is 0. The van der Waals surface area contributed by atoms with Gasteiger partial charge in [-0.2, -0.15) is 0 Å². The molecule has 0 aliphatic heterocycles. The van der Waals surface area contributed by atoms with Crippen LogP contribution in [0.4, 0.5) is 0 Å². The van der Waals surface area contributed by atoms with Crippen molar-refractivity contribution in [1.29, 1.82) is 0 Å². The van der Waals surface area contributed by atoms with Crippen LogP contribution in [-0.2, 0) is 23.7 Å². The monoisotopic (exact) mass is 297 g/mol. The third-order valence-electron chi connectivity index (χ3n) is 4.57. The zero-order chi connectivity index (χ0) is 14.7. The molecule has 0 heterocycles. The van der Waals surface area contributed by atoms with E-state index in [0.717, 1.165) is 0 Å². The molecule has 2 aromatic carbocycles. The molecule has 0 saturated carbocycles. The second kappa shape index (κ2) is 6.70. The first-order valence-electron chi connectivity index (χ1n) is 7.95. The molecule has 0 spiro atoms. The van der Waals surface area contributed by atoms with Crippen LogP contribution in [-0.4, -0.2) is 18.3 Å². The van der Waals surface area contributed by atoms with Crippen LogP contribution in [0, 0.1) is 0 Å². The van der Waals surface area contributed by atoms with Crippen molar-refractivity contribution in [3.63, 3.8) is 0 Å². The van der Waals surface area contributed by atoms with Crippen molar-refractivity contribution in [3.8, 4) is 0 Å². The van der Waals surface area contributed by atoms with Crippen molar-refractivity contribution in [1.82, 2.24) is 0 Å². The van der Waals surface area contributed by atoms with Crippen LogP contribution in [0.15, 0.2) is 48.5 Å². The summed E-state index contributed by atoms with van der Waals surface area (Å²) < 4.78 is 0. The molecular formula is C20H25S+. The van der Waals surface area contributed by atoms with Gasteiger partial charge in [-0.1, -0.05) is 48.5 Å². The van der Waals surface area contributed by atoms with Crippen LogP contribution in [0.25, 0.3) is 0 Å². The fourth-order valence-electron chi connectivity index (χ4n) is 3.53. The summed E-state index contributed by atoms with van der Waals surface area (Å²) in [4.78, 5) is 0. The Kier molecular flexibility index (Phi) is 4.70. The smallest absolute Gasteiger partial charge is 0.0620 e. The lowest BCUT2D eigenvalue weighted by Crippen LogP contribution is -2.08. The van der Waals surface area contributed by atoms with Gasteiger partial charge < -0.3 is 0 Å². The average Bonchev–Trinajstić information content (AvgIpc) is 2.65. The Morgan fingerprint density at radius 3 is 1.90 bits per heavy atom. The van der Waals surface area contributed by atoms with Gasteiger partial charge >= 0.3 is 0 Å². The zero-order valence-electron chi connectivity index (χ0n) is 13.1. The Balaban J connectivity index is 1.95. The van der Waals surface area contributed by atoms with Gasteiger partial charge in [-0.05, 0) is 58.8 Å². The molecule has 2 aromatic rings. The van der Waals surface area contributed by atoms with Gasteiger partial charge in [-0.25, -0.2) is 0 Å². The standard InChI is InChI=1S/C20H25S/c1-21(2)15-7-12-20-18-10-5-3-8-16(18)13-14-17-9-4-6-11-19(17)20/h3-6,8-11,20H,7,12-15H2,1-2H3/q+1. The Labute approximate surface area is 131 Å². The Bertz CT molecular complexity index is 553. The van der Waals surface area contributed by atoms with E-state index in [1.807, 2.05) is 0 Å². The third kappa shape index (κ3) is 3.35. The lowest BCUT2D eigenvalue weighted by atomic mass is 9.85. The molecule has 0 N–H and O–H groups in total. The number of aryl methyl sites for hydroxylation is 2. The Morgan fingerprint density at radius 1 is 0.857 bits per heavy atom. The van der Waals surface area contributed by atoms with E-state index < -0.39 is 0 Å². The van der Waals surface area contributed by atoms with E-state index in [1.54, 1.807) is 22.3 Å². The van der Waals surface area contributed by atoms with E-state index in [-0.39, 0.29) is 0 Å². The van der Waals surface area contributed by atoms with Crippen LogP contribution in [0.1, 0.15) is 41.0 Å². The fraction of sp³-hybridized carbons (Fsp3) is 0.400.